The molecule has 19 heavy (non-hydrogen) atoms. The molecule has 0 spiro atoms. The highest BCUT2D eigenvalue weighted by Crippen LogP contribution is 2.37. The lowest BCUT2D eigenvalue weighted by molar-refractivity contribution is 0.334. The lowest BCUT2D eigenvalue weighted by Gasteiger charge is -2.26. The number of hydrogen-bond acceptors (Lipinski definition) is 4. The van der Waals surface area contributed by atoms with Crippen LogP contribution in [0.4, 0.5) is 0 Å². The predicted octanol–water partition coefficient (Wildman–Crippen LogP) is 1.76. The number of halogens is 1. The van der Waals surface area contributed by atoms with Crippen molar-refractivity contribution in [2.24, 2.45) is 11.1 Å². The highest BCUT2D eigenvalue weighted by atomic mass is 79.9. The third-order valence-electron chi connectivity index (χ3n) is 3.71. The van der Waals surface area contributed by atoms with E-state index in [0.29, 0.717) is 19.4 Å². The van der Waals surface area contributed by atoms with E-state index in [-0.39, 0.29) is 16.9 Å². The largest absolute Gasteiger partial charge is 0.496 e. The lowest BCUT2D eigenvalue weighted by Crippen LogP contribution is -2.34. The van der Waals surface area contributed by atoms with Crippen LogP contribution in [0.1, 0.15) is 12.0 Å². The Balaban J connectivity index is 2.31. The van der Waals surface area contributed by atoms with Crippen LogP contribution in [0.25, 0.3) is 0 Å². The van der Waals surface area contributed by atoms with E-state index in [1.54, 1.807) is 7.11 Å². The van der Waals surface area contributed by atoms with Gasteiger partial charge >= 0.3 is 0 Å². The summed E-state index contributed by atoms with van der Waals surface area (Å²) in [5, 5.41) is 0. The molecule has 1 aliphatic heterocycles. The Kier molecular flexibility index (Phi) is 4.23. The van der Waals surface area contributed by atoms with Crippen LogP contribution in [0.5, 0.6) is 5.75 Å². The average molecular weight is 348 g/mol. The van der Waals surface area contributed by atoms with E-state index >= 15 is 0 Å². The summed E-state index contributed by atoms with van der Waals surface area (Å²) in [6.45, 7) is 0.377. The van der Waals surface area contributed by atoms with Gasteiger partial charge in [-0.05, 0) is 43.1 Å². The zero-order valence-corrected chi connectivity index (χ0v) is 13.3. The summed E-state index contributed by atoms with van der Waals surface area (Å²) >= 11 is 3.43. The third kappa shape index (κ3) is 3.30. The van der Waals surface area contributed by atoms with E-state index < -0.39 is 9.84 Å². The van der Waals surface area contributed by atoms with Gasteiger partial charge in [0, 0.05) is 9.89 Å². The predicted molar refractivity (Wildman–Crippen MR) is 79.2 cm³/mol. The zero-order valence-electron chi connectivity index (χ0n) is 10.9. The van der Waals surface area contributed by atoms with Gasteiger partial charge in [0.05, 0.1) is 18.6 Å². The quantitative estimate of drug-likeness (QED) is 0.900. The molecule has 0 saturated carbocycles. The molecule has 1 aliphatic rings. The first kappa shape index (κ1) is 14.8. The zero-order chi connectivity index (χ0) is 14.1. The Morgan fingerprint density at radius 1 is 1.47 bits per heavy atom. The van der Waals surface area contributed by atoms with Crippen molar-refractivity contribution in [1.82, 2.24) is 0 Å². The second kappa shape index (κ2) is 5.42. The maximum Gasteiger partial charge on any atom is 0.150 e. The fourth-order valence-corrected chi connectivity index (χ4v) is 5.24. The van der Waals surface area contributed by atoms with Crippen molar-refractivity contribution < 1.29 is 13.2 Å². The van der Waals surface area contributed by atoms with Crippen LogP contribution in [0.15, 0.2) is 22.7 Å². The second-order valence-corrected chi connectivity index (χ2v) is 8.28. The van der Waals surface area contributed by atoms with E-state index in [4.69, 9.17) is 10.5 Å². The molecule has 0 aromatic heterocycles. The van der Waals surface area contributed by atoms with Gasteiger partial charge in [0.2, 0.25) is 0 Å². The molecular weight excluding hydrogens is 330 g/mol. The van der Waals surface area contributed by atoms with Crippen LogP contribution in [-0.4, -0.2) is 33.6 Å². The molecule has 1 aromatic rings. The first-order valence-electron chi connectivity index (χ1n) is 6.13. The van der Waals surface area contributed by atoms with Gasteiger partial charge in [0.1, 0.15) is 5.75 Å². The summed E-state index contributed by atoms with van der Waals surface area (Å²) in [5.74, 6) is 1.19. The monoisotopic (exact) mass is 347 g/mol. The van der Waals surface area contributed by atoms with Crippen molar-refractivity contribution in [3.63, 3.8) is 0 Å². The van der Waals surface area contributed by atoms with Crippen LogP contribution in [0, 0.1) is 5.41 Å². The van der Waals surface area contributed by atoms with Crippen LogP contribution in [-0.2, 0) is 16.3 Å². The molecule has 1 aromatic carbocycles. The van der Waals surface area contributed by atoms with Crippen molar-refractivity contribution in [1.29, 1.82) is 0 Å². The fraction of sp³-hybridized carbons (Fsp3) is 0.538. The van der Waals surface area contributed by atoms with Crippen LogP contribution >= 0.6 is 15.9 Å². The fourth-order valence-electron chi connectivity index (χ4n) is 2.64. The molecule has 1 saturated heterocycles. The van der Waals surface area contributed by atoms with Gasteiger partial charge in [-0.15, -0.1) is 0 Å². The van der Waals surface area contributed by atoms with Crippen molar-refractivity contribution in [2.75, 3.05) is 25.2 Å². The summed E-state index contributed by atoms with van der Waals surface area (Å²) in [7, 11) is -1.33. The standard InChI is InChI=1S/C13H18BrNO3S/c1-18-12-3-2-11(14)6-10(12)7-13(8-15)4-5-19(16,17)9-13/h2-3,6H,4-5,7-9,15H2,1H3. The Hall–Kier alpha value is -0.590. The maximum absolute atomic E-state index is 11.7. The summed E-state index contributed by atoms with van der Waals surface area (Å²) in [5.41, 5.74) is 6.50. The molecule has 0 bridgehead atoms. The van der Waals surface area contributed by atoms with Crippen LogP contribution in [0.3, 0.4) is 0 Å². The summed E-state index contributed by atoms with van der Waals surface area (Å²) in [4.78, 5) is 0. The number of ether oxygens (including phenoxy) is 1. The number of benzene rings is 1. The normalized spacial score (nSPS) is 25.4. The van der Waals surface area contributed by atoms with Gasteiger partial charge in [-0.25, -0.2) is 8.42 Å². The van der Waals surface area contributed by atoms with Gasteiger partial charge in [-0.1, -0.05) is 15.9 Å². The lowest BCUT2D eigenvalue weighted by atomic mass is 9.81. The number of methoxy groups -OCH3 is 1. The molecule has 2 rings (SSSR count). The molecular formula is C13H18BrNO3S. The number of hydrogen-bond donors (Lipinski definition) is 1. The third-order valence-corrected chi connectivity index (χ3v) is 6.08. The van der Waals surface area contributed by atoms with Gasteiger partial charge in [-0.2, -0.15) is 0 Å². The highest BCUT2D eigenvalue weighted by Gasteiger charge is 2.41. The maximum atomic E-state index is 11.7. The Labute approximate surface area is 122 Å². The molecule has 0 radical (unpaired) electrons. The van der Waals surface area contributed by atoms with Crippen molar-refractivity contribution in [2.45, 2.75) is 12.8 Å². The van der Waals surface area contributed by atoms with Gasteiger partial charge in [0.15, 0.2) is 9.84 Å². The molecule has 4 nitrogen and oxygen atoms in total. The van der Waals surface area contributed by atoms with E-state index in [0.717, 1.165) is 15.8 Å². The van der Waals surface area contributed by atoms with Gasteiger partial charge in [0.25, 0.3) is 0 Å². The average Bonchev–Trinajstić information content (AvgIpc) is 2.66. The first-order chi connectivity index (χ1) is 8.90. The molecule has 106 valence electrons. The van der Waals surface area contributed by atoms with E-state index in [1.165, 1.54) is 0 Å². The highest BCUT2D eigenvalue weighted by molar-refractivity contribution is 9.10. The molecule has 1 atom stereocenters. The Morgan fingerprint density at radius 2 is 2.21 bits per heavy atom. The Bertz CT molecular complexity index is 573. The first-order valence-corrected chi connectivity index (χ1v) is 8.74. The van der Waals surface area contributed by atoms with Crippen molar-refractivity contribution >= 4 is 25.8 Å². The second-order valence-electron chi connectivity index (χ2n) is 5.18. The molecule has 6 heteroatoms. The minimum Gasteiger partial charge on any atom is -0.496 e. The topological polar surface area (TPSA) is 69.4 Å². The molecule has 1 unspecified atom stereocenters. The minimum absolute atomic E-state index is 0.173. The summed E-state index contributed by atoms with van der Waals surface area (Å²) in [6, 6.07) is 5.76. The molecule has 2 N–H and O–H groups in total. The number of sulfone groups is 1. The molecule has 1 fully saturated rings. The van der Waals surface area contributed by atoms with Gasteiger partial charge < -0.3 is 10.5 Å². The van der Waals surface area contributed by atoms with E-state index in [9.17, 15) is 8.42 Å². The number of rotatable bonds is 4. The Morgan fingerprint density at radius 3 is 2.74 bits per heavy atom. The molecule has 1 heterocycles. The van der Waals surface area contributed by atoms with E-state index in [1.807, 2.05) is 18.2 Å². The van der Waals surface area contributed by atoms with Crippen molar-refractivity contribution in [3.05, 3.63) is 28.2 Å². The van der Waals surface area contributed by atoms with Gasteiger partial charge in [-0.3, -0.25) is 0 Å². The molecule has 0 aliphatic carbocycles. The van der Waals surface area contributed by atoms with E-state index in [2.05, 4.69) is 15.9 Å². The van der Waals surface area contributed by atoms with Crippen LogP contribution < -0.4 is 10.5 Å². The summed E-state index contributed by atoms with van der Waals surface area (Å²) in [6.07, 6.45) is 1.26. The smallest absolute Gasteiger partial charge is 0.150 e. The number of nitrogens with two attached hydrogens (primary N) is 1. The van der Waals surface area contributed by atoms with Crippen LogP contribution in [0.2, 0.25) is 0 Å². The SMILES string of the molecule is COc1ccc(Br)cc1CC1(CN)CCS(=O)(=O)C1. The molecule has 0 amide bonds. The minimum atomic E-state index is -2.95. The summed E-state index contributed by atoms with van der Waals surface area (Å²) < 4.78 is 29.7. The van der Waals surface area contributed by atoms with Crippen molar-refractivity contribution in [3.8, 4) is 5.75 Å².